The molecule has 2 aromatic heterocycles. The van der Waals surface area contributed by atoms with Crippen LogP contribution in [0.3, 0.4) is 0 Å². The van der Waals surface area contributed by atoms with Crippen molar-refractivity contribution in [1.29, 1.82) is 0 Å². The lowest BCUT2D eigenvalue weighted by Gasteiger charge is -2.16. The fourth-order valence-corrected chi connectivity index (χ4v) is 5.53. The number of fused-ring (bicyclic) bond motifs is 2. The molecule has 0 unspecified atom stereocenters. The first kappa shape index (κ1) is 25.1. The second kappa shape index (κ2) is 9.86. The number of amides is 2. The van der Waals surface area contributed by atoms with Gasteiger partial charge in [0.25, 0.3) is 11.5 Å². The number of aromatic nitrogens is 3. The molecule has 198 valence electrons. The number of benzene rings is 3. The molecule has 0 saturated carbocycles. The summed E-state index contributed by atoms with van der Waals surface area (Å²) in [6.45, 7) is 3.02. The van der Waals surface area contributed by atoms with Gasteiger partial charge >= 0.3 is 5.97 Å². The second-order valence-electron chi connectivity index (χ2n) is 9.15. The topological polar surface area (TPSA) is 123 Å². The maximum absolute atomic E-state index is 13.7. The first-order chi connectivity index (χ1) is 19.3. The van der Waals surface area contributed by atoms with Crippen molar-refractivity contribution in [3.8, 4) is 17.1 Å². The van der Waals surface area contributed by atoms with Crippen molar-refractivity contribution in [2.75, 3.05) is 16.8 Å². The van der Waals surface area contributed by atoms with Crippen LogP contribution in [0.4, 0.5) is 11.4 Å². The average Bonchev–Trinajstić information content (AvgIpc) is 3.56. The predicted octanol–water partition coefficient (Wildman–Crippen LogP) is 2.95. The number of nitrogens with one attached hydrogen (secondary N) is 1. The Hall–Kier alpha value is -5.16. The van der Waals surface area contributed by atoms with Gasteiger partial charge in [0.1, 0.15) is 16.8 Å². The minimum absolute atomic E-state index is 0.175. The minimum Gasteiger partial charge on any atom is -0.426 e. The zero-order valence-corrected chi connectivity index (χ0v) is 22.2. The zero-order chi connectivity index (χ0) is 28.0. The molecule has 2 amide bonds. The third kappa shape index (κ3) is 4.41. The third-order valence-electron chi connectivity index (χ3n) is 6.33. The number of thiazole rings is 1. The fraction of sp³-hybridized carbons (Fsp3) is 0.103. The van der Waals surface area contributed by atoms with Gasteiger partial charge in [0.05, 0.1) is 16.8 Å². The first-order valence-electron chi connectivity index (χ1n) is 12.3. The summed E-state index contributed by atoms with van der Waals surface area (Å²) in [5.74, 6) is -0.831. The second-order valence-corrected chi connectivity index (χ2v) is 10.1. The van der Waals surface area contributed by atoms with Gasteiger partial charge < -0.3 is 10.1 Å². The Morgan fingerprint density at radius 3 is 2.38 bits per heavy atom. The Morgan fingerprint density at radius 2 is 1.65 bits per heavy atom. The molecule has 0 saturated heterocycles. The van der Waals surface area contributed by atoms with Crippen molar-refractivity contribution in [1.82, 2.24) is 14.6 Å². The summed E-state index contributed by atoms with van der Waals surface area (Å²) in [5, 5.41) is 7.17. The molecule has 6 rings (SSSR count). The number of ether oxygens (including phenoxy) is 1. The van der Waals surface area contributed by atoms with Crippen LogP contribution >= 0.6 is 11.3 Å². The molecule has 10 nitrogen and oxygen atoms in total. The maximum atomic E-state index is 13.7. The zero-order valence-electron chi connectivity index (χ0n) is 21.4. The normalized spacial score (nSPS) is 13.9. The number of anilines is 2. The molecule has 11 heteroatoms. The lowest BCUT2D eigenvalue weighted by atomic mass is 10.1. The largest absolute Gasteiger partial charge is 0.426 e. The number of hydrogen-bond donors (Lipinski definition) is 1. The van der Waals surface area contributed by atoms with Crippen LogP contribution in [0.5, 0.6) is 5.75 Å². The molecule has 0 bridgehead atoms. The highest BCUT2D eigenvalue weighted by molar-refractivity contribution is 7.15. The summed E-state index contributed by atoms with van der Waals surface area (Å²) < 4.78 is 6.57. The summed E-state index contributed by atoms with van der Waals surface area (Å²) in [7, 11) is 0. The van der Waals surface area contributed by atoms with Crippen LogP contribution in [-0.4, -0.2) is 38.9 Å². The van der Waals surface area contributed by atoms with Gasteiger partial charge in [-0.2, -0.15) is 9.50 Å². The predicted molar refractivity (Wildman–Crippen MR) is 150 cm³/mol. The summed E-state index contributed by atoms with van der Waals surface area (Å²) in [5.41, 5.74) is 2.92. The first-order valence-corrected chi connectivity index (χ1v) is 13.1. The van der Waals surface area contributed by atoms with E-state index < -0.39 is 17.4 Å². The molecule has 1 N–H and O–H groups in total. The van der Waals surface area contributed by atoms with Gasteiger partial charge in [0, 0.05) is 18.2 Å². The number of para-hydroxylation sites is 2. The van der Waals surface area contributed by atoms with Crippen LogP contribution < -0.4 is 25.0 Å². The van der Waals surface area contributed by atoms with Crippen molar-refractivity contribution >= 4 is 51.0 Å². The van der Waals surface area contributed by atoms with E-state index >= 15 is 0 Å². The Kier molecular flexibility index (Phi) is 6.20. The van der Waals surface area contributed by atoms with Gasteiger partial charge in [-0.3, -0.25) is 24.1 Å². The fourth-order valence-electron chi connectivity index (χ4n) is 4.53. The van der Waals surface area contributed by atoms with Crippen molar-refractivity contribution < 1.29 is 19.1 Å². The average molecular weight is 552 g/mol. The van der Waals surface area contributed by atoms with E-state index in [0.29, 0.717) is 22.5 Å². The van der Waals surface area contributed by atoms with Gasteiger partial charge in [-0.25, -0.2) is 0 Å². The van der Waals surface area contributed by atoms with Crippen LogP contribution in [0.25, 0.3) is 21.9 Å². The molecule has 5 aromatic rings. The molecule has 0 spiro atoms. The Morgan fingerprint density at radius 1 is 0.950 bits per heavy atom. The Bertz CT molecular complexity index is 1940. The minimum atomic E-state index is -0.507. The van der Waals surface area contributed by atoms with E-state index in [0.717, 1.165) is 21.4 Å². The highest BCUT2D eigenvalue weighted by Gasteiger charge is 2.35. The molecule has 0 radical (unpaired) electrons. The number of carbonyl (C=O) groups is 3. The van der Waals surface area contributed by atoms with Crippen LogP contribution in [0.15, 0.2) is 77.6 Å². The number of esters is 1. The summed E-state index contributed by atoms with van der Waals surface area (Å²) in [6.07, 6.45) is 0. The standard InChI is InChI=1S/C29H21N5O5S/c1-16-11-13-18(14-12-16)30-23(36)15-33-21-9-5-3-7-19(21)24(27(33)37)25-28(38)34-29(40-25)31-26(32-34)20-8-4-6-10-22(20)39-17(2)35/h3-14H,15H2,1-2H3,(H,30,36). The van der Waals surface area contributed by atoms with Gasteiger partial charge in [0.15, 0.2) is 5.82 Å². The van der Waals surface area contributed by atoms with E-state index in [1.54, 1.807) is 60.7 Å². The number of hydrogen-bond acceptors (Lipinski definition) is 8. The van der Waals surface area contributed by atoms with Crippen LogP contribution in [0.1, 0.15) is 18.1 Å². The lowest BCUT2D eigenvalue weighted by Crippen LogP contribution is -2.37. The van der Waals surface area contributed by atoms with E-state index in [2.05, 4.69) is 15.4 Å². The monoisotopic (exact) mass is 551 g/mol. The molecular weight excluding hydrogens is 530 g/mol. The lowest BCUT2D eigenvalue weighted by molar-refractivity contribution is -0.131. The quantitative estimate of drug-likeness (QED) is 0.263. The molecule has 0 aliphatic carbocycles. The molecule has 1 aliphatic rings. The molecule has 1 aliphatic heterocycles. The van der Waals surface area contributed by atoms with Crippen molar-refractivity contribution in [3.63, 3.8) is 0 Å². The van der Waals surface area contributed by atoms with E-state index in [9.17, 15) is 19.2 Å². The van der Waals surface area contributed by atoms with E-state index in [1.807, 2.05) is 19.1 Å². The smallest absolute Gasteiger partial charge is 0.308 e. The number of carbonyl (C=O) groups excluding carboxylic acids is 3. The van der Waals surface area contributed by atoms with Crippen LogP contribution in [-0.2, 0) is 14.4 Å². The van der Waals surface area contributed by atoms with Crippen LogP contribution in [0, 0.1) is 6.92 Å². The molecular formula is C29H21N5O5S. The van der Waals surface area contributed by atoms with Crippen molar-refractivity contribution in [2.24, 2.45) is 0 Å². The number of nitrogens with zero attached hydrogens (tertiary/aromatic N) is 4. The molecule has 3 heterocycles. The van der Waals surface area contributed by atoms with Crippen molar-refractivity contribution in [2.45, 2.75) is 13.8 Å². The molecule has 0 fully saturated rings. The van der Waals surface area contributed by atoms with Gasteiger partial charge in [-0.1, -0.05) is 59.4 Å². The molecule has 40 heavy (non-hydrogen) atoms. The molecule has 0 atom stereocenters. The summed E-state index contributed by atoms with van der Waals surface area (Å²) >= 11 is 1.03. The summed E-state index contributed by atoms with van der Waals surface area (Å²) in [6, 6.07) is 21.1. The number of aryl methyl sites for hydroxylation is 1. The highest BCUT2D eigenvalue weighted by Crippen LogP contribution is 2.35. The SMILES string of the molecule is CC(=O)Oc1ccccc1-c1nc2sc(=C3C(=O)N(CC(=O)Nc4ccc(C)cc4)c4ccccc43)c(=O)n2n1. The third-order valence-corrected chi connectivity index (χ3v) is 7.36. The van der Waals surface area contributed by atoms with E-state index in [-0.39, 0.29) is 39.1 Å². The van der Waals surface area contributed by atoms with Gasteiger partial charge in [-0.05, 0) is 37.3 Å². The van der Waals surface area contributed by atoms with Crippen LogP contribution in [0.2, 0.25) is 0 Å². The number of rotatable bonds is 5. The van der Waals surface area contributed by atoms with E-state index in [4.69, 9.17) is 4.74 Å². The Balaban J connectivity index is 1.38. The van der Waals surface area contributed by atoms with Crippen molar-refractivity contribution in [3.05, 3.63) is 98.8 Å². The molecule has 3 aromatic carbocycles. The Labute approximate surface area is 231 Å². The summed E-state index contributed by atoms with van der Waals surface area (Å²) in [4.78, 5) is 57.6. The van der Waals surface area contributed by atoms with E-state index in [1.165, 1.54) is 11.8 Å². The van der Waals surface area contributed by atoms with Gasteiger partial charge in [0.2, 0.25) is 10.9 Å². The van der Waals surface area contributed by atoms with Gasteiger partial charge in [-0.15, -0.1) is 5.10 Å². The highest BCUT2D eigenvalue weighted by atomic mass is 32.1. The maximum Gasteiger partial charge on any atom is 0.308 e.